The molecule has 2 rings (SSSR count). The lowest BCUT2D eigenvalue weighted by atomic mass is 9.92. The van der Waals surface area contributed by atoms with Crippen molar-refractivity contribution >= 4 is 17.8 Å². The van der Waals surface area contributed by atoms with E-state index >= 15 is 0 Å². The average Bonchev–Trinajstić information content (AvgIpc) is 2.85. The first-order valence-corrected chi connectivity index (χ1v) is 7.79. The number of amides is 2. The van der Waals surface area contributed by atoms with Crippen LogP contribution in [0, 0.1) is 11.8 Å². The van der Waals surface area contributed by atoms with E-state index in [-0.39, 0.29) is 30.1 Å². The van der Waals surface area contributed by atoms with Gasteiger partial charge in [-0.3, -0.25) is 14.4 Å². The third-order valence-electron chi connectivity index (χ3n) is 4.54. The van der Waals surface area contributed by atoms with Crippen LogP contribution < -0.4 is 0 Å². The number of carbonyl (C=O) groups is 3. The van der Waals surface area contributed by atoms with Gasteiger partial charge in [0.15, 0.2) is 0 Å². The summed E-state index contributed by atoms with van der Waals surface area (Å²) in [6.07, 6.45) is 3.03. The van der Waals surface area contributed by atoms with Gasteiger partial charge in [-0.2, -0.15) is 0 Å². The van der Waals surface area contributed by atoms with E-state index < -0.39 is 5.97 Å². The number of aliphatic carboxylic acids is 1. The standard InChI is InChI=1S/C15H24N2O4/c1-2-16-10-12(8-13(16)18)15(21)17-7-3-4-11(9-17)5-6-14(19)20/h11-12H,2-10H2,1H3,(H,19,20)/t11-,12-/m1/s1. The molecule has 21 heavy (non-hydrogen) atoms. The van der Waals surface area contributed by atoms with E-state index in [2.05, 4.69) is 0 Å². The van der Waals surface area contributed by atoms with Crippen LogP contribution in [0.2, 0.25) is 0 Å². The summed E-state index contributed by atoms with van der Waals surface area (Å²) in [5, 5.41) is 8.75. The molecule has 2 fully saturated rings. The van der Waals surface area contributed by atoms with Crippen molar-refractivity contribution in [2.45, 2.75) is 39.0 Å². The van der Waals surface area contributed by atoms with Crippen molar-refractivity contribution in [3.63, 3.8) is 0 Å². The van der Waals surface area contributed by atoms with Crippen molar-refractivity contribution in [2.24, 2.45) is 11.8 Å². The van der Waals surface area contributed by atoms with E-state index in [1.165, 1.54) is 0 Å². The van der Waals surface area contributed by atoms with Crippen molar-refractivity contribution in [3.05, 3.63) is 0 Å². The minimum Gasteiger partial charge on any atom is -0.481 e. The maximum Gasteiger partial charge on any atom is 0.303 e. The Hall–Kier alpha value is -1.59. The van der Waals surface area contributed by atoms with Gasteiger partial charge in [0.1, 0.15) is 0 Å². The molecule has 2 saturated heterocycles. The van der Waals surface area contributed by atoms with Gasteiger partial charge in [-0.05, 0) is 32.1 Å². The first kappa shape index (κ1) is 15.8. The van der Waals surface area contributed by atoms with Gasteiger partial charge in [0, 0.05) is 39.0 Å². The SMILES string of the molecule is CCN1C[C@H](C(=O)N2CCC[C@H](CCC(=O)O)C2)CC1=O. The monoisotopic (exact) mass is 296 g/mol. The summed E-state index contributed by atoms with van der Waals surface area (Å²) in [5.74, 6) is -0.582. The van der Waals surface area contributed by atoms with Gasteiger partial charge >= 0.3 is 5.97 Å². The average molecular weight is 296 g/mol. The van der Waals surface area contributed by atoms with Crippen molar-refractivity contribution in [1.82, 2.24) is 9.80 Å². The van der Waals surface area contributed by atoms with Crippen molar-refractivity contribution in [2.75, 3.05) is 26.2 Å². The fraction of sp³-hybridized carbons (Fsp3) is 0.800. The highest BCUT2D eigenvalue weighted by atomic mass is 16.4. The molecule has 0 spiro atoms. The number of hydrogen-bond acceptors (Lipinski definition) is 3. The van der Waals surface area contributed by atoms with E-state index in [1.54, 1.807) is 4.90 Å². The van der Waals surface area contributed by atoms with Crippen LogP contribution in [0.1, 0.15) is 39.0 Å². The van der Waals surface area contributed by atoms with Crippen molar-refractivity contribution in [1.29, 1.82) is 0 Å². The minimum atomic E-state index is -0.779. The molecule has 118 valence electrons. The summed E-state index contributed by atoms with van der Waals surface area (Å²) in [6, 6.07) is 0. The molecule has 2 aliphatic heterocycles. The number of piperidine rings is 1. The predicted molar refractivity (Wildman–Crippen MR) is 76.5 cm³/mol. The minimum absolute atomic E-state index is 0.0651. The fourth-order valence-corrected chi connectivity index (χ4v) is 3.33. The molecule has 0 saturated carbocycles. The van der Waals surface area contributed by atoms with E-state index in [9.17, 15) is 14.4 Å². The quantitative estimate of drug-likeness (QED) is 0.819. The van der Waals surface area contributed by atoms with Gasteiger partial charge in [-0.1, -0.05) is 0 Å². The summed E-state index contributed by atoms with van der Waals surface area (Å²) in [6.45, 7) is 4.49. The molecule has 0 aromatic heterocycles. The normalized spacial score (nSPS) is 26.2. The van der Waals surface area contributed by atoms with Crippen LogP contribution in [0.25, 0.3) is 0 Å². The Balaban J connectivity index is 1.87. The third kappa shape index (κ3) is 3.95. The first-order valence-electron chi connectivity index (χ1n) is 7.79. The molecule has 0 aliphatic carbocycles. The molecule has 2 aliphatic rings. The number of nitrogens with zero attached hydrogens (tertiary/aromatic N) is 2. The van der Waals surface area contributed by atoms with Crippen LogP contribution in [-0.2, 0) is 14.4 Å². The van der Waals surface area contributed by atoms with E-state index in [1.807, 2.05) is 11.8 Å². The largest absolute Gasteiger partial charge is 0.481 e. The lowest BCUT2D eigenvalue weighted by Crippen LogP contribution is -2.43. The molecule has 6 nitrogen and oxygen atoms in total. The number of carbonyl (C=O) groups excluding carboxylic acids is 2. The van der Waals surface area contributed by atoms with Gasteiger partial charge in [0.05, 0.1) is 5.92 Å². The van der Waals surface area contributed by atoms with Crippen molar-refractivity contribution < 1.29 is 19.5 Å². The fourth-order valence-electron chi connectivity index (χ4n) is 3.33. The second kappa shape index (κ2) is 6.91. The molecular formula is C15H24N2O4. The van der Waals surface area contributed by atoms with Gasteiger partial charge < -0.3 is 14.9 Å². The van der Waals surface area contributed by atoms with E-state index in [4.69, 9.17) is 5.11 Å². The molecular weight excluding hydrogens is 272 g/mol. The van der Waals surface area contributed by atoms with Crippen molar-refractivity contribution in [3.8, 4) is 0 Å². The second-order valence-corrected chi connectivity index (χ2v) is 6.06. The smallest absolute Gasteiger partial charge is 0.303 e. The molecule has 6 heteroatoms. The maximum atomic E-state index is 12.5. The topological polar surface area (TPSA) is 77.9 Å². The lowest BCUT2D eigenvalue weighted by molar-refractivity contribution is -0.138. The Bertz CT molecular complexity index is 424. The Kier molecular flexibility index (Phi) is 5.20. The van der Waals surface area contributed by atoms with Crippen LogP contribution >= 0.6 is 0 Å². The highest BCUT2D eigenvalue weighted by Crippen LogP contribution is 2.25. The van der Waals surface area contributed by atoms with E-state index in [0.717, 1.165) is 19.4 Å². The molecule has 0 aromatic carbocycles. The summed E-state index contributed by atoms with van der Waals surface area (Å²) in [4.78, 5) is 38.5. The Morgan fingerprint density at radius 2 is 2.10 bits per heavy atom. The summed E-state index contributed by atoms with van der Waals surface area (Å²) in [5.41, 5.74) is 0. The van der Waals surface area contributed by atoms with Gasteiger partial charge in [0.2, 0.25) is 11.8 Å². The van der Waals surface area contributed by atoms with Crippen LogP contribution in [-0.4, -0.2) is 58.9 Å². The summed E-state index contributed by atoms with van der Waals surface area (Å²) < 4.78 is 0. The molecule has 0 bridgehead atoms. The maximum absolute atomic E-state index is 12.5. The zero-order chi connectivity index (χ0) is 15.4. The number of carboxylic acids is 1. The second-order valence-electron chi connectivity index (χ2n) is 6.06. The lowest BCUT2D eigenvalue weighted by Gasteiger charge is -2.34. The summed E-state index contributed by atoms with van der Waals surface area (Å²) >= 11 is 0. The Morgan fingerprint density at radius 3 is 2.71 bits per heavy atom. The van der Waals surface area contributed by atoms with Crippen LogP contribution in [0.4, 0.5) is 0 Å². The van der Waals surface area contributed by atoms with Gasteiger partial charge in [-0.15, -0.1) is 0 Å². The van der Waals surface area contributed by atoms with Gasteiger partial charge in [0.25, 0.3) is 0 Å². The highest BCUT2D eigenvalue weighted by Gasteiger charge is 2.36. The predicted octanol–water partition coefficient (Wildman–Crippen LogP) is 0.958. The van der Waals surface area contributed by atoms with Crippen LogP contribution in [0.15, 0.2) is 0 Å². The zero-order valence-corrected chi connectivity index (χ0v) is 12.6. The number of carboxylic acid groups (broad SMARTS) is 1. The number of likely N-dealkylation sites (tertiary alicyclic amines) is 2. The first-order chi connectivity index (χ1) is 10.0. The zero-order valence-electron chi connectivity index (χ0n) is 12.6. The number of hydrogen-bond donors (Lipinski definition) is 1. The van der Waals surface area contributed by atoms with Crippen LogP contribution in [0.5, 0.6) is 0 Å². The molecule has 0 unspecified atom stereocenters. The molecule has 2 amide bonds. The Labute approximate surface area is 125 Å². The molecule has 1 N–H and O–H groups in total. The summed E-state index contributed by atoms with van der Waals surface area (Å²) in [7, 11) is 0. The Morgan fingerprint density at radius 1 is 1.33 bits per heavy atom. The van der Waals surface area contributed by atoms with E-state index in [0.29, 0.717) is 32.5 Å². The molecule has 0 radical (unpaired) electrons. The number of rotatable bonds is 5. The molecule has 2 heterocycles. The third-order valence-corrected chi connectivity index (χ3v) is 4.54. The van der Waals surface area contributed by atoms with Crippen LogP contribution in [0.3, 0.4) is 0 Å². The van der Waals surface area contributed by atoms with Gasteiger partial charge in [-0.25, -0.2) is 0 Å². The molecule has 2 atom stereocenters. The molecule has 0 aromatic rings. The highest BCUT2D eigenvalue weighted by molar-refractivity contribution is 5.89.